The molecule has 0 radical (unpaired) electrons. The molecule has 0 unspecified atom stereocenters. The minimum Gasteiger partial charge on any atom is -0.506 e. The molecule has 4 heterocycles. The first-order chi connectivity index (χ1) is 17.5. The van der Waals surface area contributed by atoms with Crippen molar-refractivity contribution in [2.75, 3.05) is 25.6 Å². The molecule has 13 heteroatoms. The number of aromatic hydroxyl groups is 1. The molecule has 0 bridgehead atoms. The number of fused-ring (bicyclic) bond motifs is 3. The normalized spacial score (nSPS) is 17.2. The van der Waals surface area contributed by atoms with Crippen LogP contribution in [0, 0.1) is 0 Å². The highest BCUT2D eigenvalue weighted by Crippen LogP contribution is 2.47. The number of hydrogen-bond acceptors (Lipinski definition) is 8. The van der Waals surface area contributed by atoms with Gasteiger partial charge in [-0.15, -0.1) is 0 Å². The zero-order valence-electron chi connectivity index (χ0n) is 19.8. The van der Waals surface area contributed by atoms with Gasteiger partial charge in [-0.05, 0) is 18.0 Å². The highest BCUT2D eigenvalue weighted by molar-refractivity contribution is 6.41. The number of nitrogens with one attached hydrogen (secondary N) is 1. The maximum atomic E-state index is 10.3. The van der Waals surface area contributed by atoms with Crippen molar-refractivity contribution in [2.24, 2.45) is 5.11 Å². The molecule has 3 aromatic heterocycles. The second-order valence-electron chi connectivity index (χ2n) is 7.64. The number of halogens is 2. The third kappa shape index (κ3) is 4.66. The van der Waals surface area contributed by atoms with E-state index in [4.69, 9.17) is 38.2 Å². The van der Waals surface area contributed by atoms with E-state index in [-0.39, 0.29) is 33.6 Å². The quantitative estimate of drug-likeness (QED) is 0.186. The fourth-order valence-electron chi connectivity index (χ4n) is 4.04. The Kier molecular flexibility index (Phi) is 7.85. The maximum absolute atomic E-state index is 10.3. The molecule has 1 aliphatic heterocycles. The van der Waals surface area contributed by atoms with E-state index in [0.29, 0.717) is 53.4 Å². The predicted octanol–water partition coefficient (Wildman–Crippen LogP) is 5.87. The van der Waals surface area contributed by atoms with Gasteiger partial charge in [-0.25, -0.2) is 9.97 Å². The summed E-state index contributed by atoms with van der Waals surface area (Å²) in [5.41, 5.74) is 10.9. The van der Waals surface area contributed by atoms with E-state index >= 15 is 0 Å². The van der Waals surface area contributed by atoms with E-state index < -0.39 is 0 Å². The molecule has 0 saturated carbocycles. The van der Waals surface area contributed by atoms with Gasteiger partial charge in [0.1, 0.15) is 17.1 Å². The summed E-state index contributed by atoms with van der Waals surface area (Å²) in [5.74, 6) is 0.477. The average molecular weight is 531 g/mol. The first kappa shape index (κ1) is 25.6. The zero-order valence-corrected chi connectivity index (χ0v) is 21.3. The number of pyridine rings is 1. The maximum Gasteiger partial charge on any atom is 0.224 e. The van der Waals surface area contributed by atoms with Gasteiger partial charge >= 0.3 is 0 Å². The number of anilines is 1. The lowest BCUT2D eigenvalue weighted by atomic mass is 10.0. The van der Waals surface area contributed by atoms with Gasteiger partial charge in [0.25, 0.3) is 0 Å². The van der Waals surface area contributed by atoms with E-state index in [1.54, 1.807) is 29.1 Å². The standard InChI is InChI=1S/C21H18Cl2N8O3.C2H6/c1-33-15-7-14(32)17(22)16(18(15)23)11-6-10-8-26-21(28-19(10)31-4-3-25-20(11)31)27-13-9-34-5-2-12(13)29-30-24;1-2/h3-4,6-8,12-13,32H,2,5,9H2,1H3,(H,26,27,28);1-2H3/t12-,13+;/m0./s1. The molecule has 0 aliphatic carbocycles. The lowest BCUT2D eigenvalue weighted by Gasteiger charge is -2.28. The fourth-order valence-corrected chi connectivity index (χ4v) is 4.67. The highest BCUT2D eigenvalue weighted by Gasteiger charge is 2.26. The Labute approximate surface area is 216 Å². The summed E-state index contributed by atoms with van der Waals surface area (Å²) in [4.78, 5) is 16.5. The molecule has 4 aromatic rings. The third-order valence-corrected chi connectivity index (χ3v) is 6.43. The molecule has 5 rings (SSSR count). The van der Waals surface area contributed by atoms with Crippen LogP contribution >= 0.6 is 23.2 Å². The van der Waals surface area contributed by atoms with Gasteiger partial charge in [-0.2, -0.15) is 4.98 Å². The Morgan fingerprint density at radius 3 is 2.81 bits per heavy atom. The SMILES string of the molecule is CC.COc1cc(O)c(Cl)c(-c2cc3cnc(N[C@@H]4COCC[C@@H]4N=[N+]=[N-])nc3n3ccnc23)c1Cl. The monoisotopic (exact) mass is 530 g/mol. The number of phenols is 1. The minimum absolute atomic E-state index is 0.0793. The molecular weight excluding hydrogens is 507 g/mol. The summed E-state index contributed by atoms with van der Waals surface area (Å²) >= 11 is 13.0. The summed E-state index contributed by atoms with van der Waals surface area (Å²) in [6.45, 7) is 4.91. The van der Waals surface area contributed by atoms with Gasteiger partial charge in [-0.1, -0.05) is 42.2 Å². The van der Waals surface area contributed by atoms with Gasteiger partial charge in [-0.3, -0.25) is 4.40 Å². The Morgan fingerprint density at radius 1 is 1.25 bits per heavy atom. The second-order valence-corrected chi connectivity index (χ2v) is 8.39. The first-order valence-corrected chi connectivity index (χ1v) is 12.0. The number of azide groups is 1. The van der Waals surface area contributed by atoms with Crippen molar-refractivity contribution in [1.82, 2.24) is 19.4 Å². The van der Waals surface area contributed by atoms with Crippen LogP contribution in [0.25, 0.3) is 38.3 Å². The Morgan fingerprint density at radius 2 is 2.06 bits per heavy atom. The smallest absolute Gasteiger partial charge is 0.224 e. The van der Waals surface area contributed by atoms with Crippen LogP contribution in [-0.4, -0.2) is 56.9 Å². The molecule has 2 atom stereocenters. The van der Waals surface area contributed by atoms with Crippen molar-refractivity contribution in [3.63, 3.8) is 0 Å². The van der Waals surface area contributed by atoms with Gasteiger partial charge in [0.15, 0.2) is 5.65 Å². The fraction of sp³-hybridized carbons (Fsp3) is 0.348. The number of nitrogens with zero attached hydrogens (tertiary/aromatic N) is 7. The number of imidazole rings is 1. The van der Waals surface area contributed by atoms with Crippen molar-refractivity contribution in [3.8, 4) is 22.6 Å². The predicted molar refractivity (Wildman–Crippen MR) is 139 cm³/mol. The summed E-state index contributed by atoms with van der Waals surface area (Å²) in [7, 11) is 1.45. The molecule has 0 spiro atoms. The van der Waals surface area contributed by atoms with Crippen molar-refractivity contribution in [2.45, 2.75) is 32.4 Å². The molecule has 36 heavy (non-hydrogen) atoms. The summed E-state index contributed by atoms with van der Waals surface area (Å²) in [6, 6.07) is 2.65. The minimum atomic E-state index is -0.265. The number of benzene rings is 1. The molecular formula is C23H24Cl2N8O3. The van der Waals surface area contributed by atoms with E-state index in [2.05, 4.69) is 30.3 Å². The van der Waals surface area contributed by atoms with Crippen LogP contribution in [0.2, 0.25) is 10.0 Å². The molecule has 1 saturated heterocycles. The largest absolute Gasteiger partial charge is 0.506 e. The van der Waals surface area contributed by atoms with Crippen LogP contribution in [0.3, 0.4) is 0 Å². The number of hydrogen-bond donors (Lipinski definition) is 2. The molecule has 188 valence electrons. The molecule has 2 N–H and O–H groups in total. The van der Waals surface area contributed by atoms with E-state index in [9.17, 15) is 5.11 Å². The van der Waals surface area contributed by atoms with Crippen LogP contribution in [0.15, 0.2) is 35.8 Å². The van der Waals surface area contributed by atoms with Crippen molar-refractivity contribution in [1.29, 1.82) is 0 Å². The molecule has 1 aliphatic rings. The van der Waals surface area contributed by atoms with Crippen molar-refractivity contribution >= 4 is 45.8 Å². The topological polar surface area (TPSA) is 143 Å². The van der Waals surface area contributed by atoms with Crippen LogP contribution in [0.5, 0.6) is 11.5 Å². The van der Waals surface area contributed by atoms with E-state index in [1.807, 2.05) is 13.8 Å². The van der Waals surface area contributed by atoms with Gasteiger partial charge < -0.3 is 19.9 Å². The molecule has 0 amide bonds. The zero-order chi connectivity index (χ0) is 25.8. The van der Waals surface area contributed by atoms with Crippen molar-refractivity contribution in [3.05, 3.63) is 51.2 Å². The second kappa shape index (κ2) is 11.0. The van der Waals surface area contributed by atoms with Gasteiger partial charge in [0, 0.05) is 52.7 Å². The Hall–Kier alpha value is -3.50. The van der Waals surface area contributed by atoms with Crippen LogP contribution < -0.4 is 10.1 Å². The molecule has 1 aromatic carbocycles. The Balaban J connectivity index is 0.00000148. The van der Waals surface area contributed by atoms with Crippen molar-refractivity contribution < 1.29 is 14.6 Å². The number of aromatic nitrogens is 4. The number of rotatable bonds is 5. The molecule has 1 fully saturated rings. The van der Waals surface area contributed by atoms with E-state index in [0.717, 1.165) is 0 Å². The first-order valence-electron chi connectivity index (χ1n) is 11.3. The summed E-state index contributed by atoms with van der Waals surface area (Å²) in [6.07, 6.45) is 5.65. The number of methoxy groups -OCH3 is 1. The number of ether oxygens (including phenoxy) is 2. The summed E-state index contributed by atoms with van der Waals surface area (Å²) in [5, 5.41) is 18.4. The summed E-state index contributed by atoms with van der Waals surface area (Å²) < 4.78 is 12.6. The van der Waals surface area contributed by atoms with Crippen LogP contribution in [0.4, 0.5) is 5.95 Å². The lowest BCUT2D eigenvalue weighted by Crippen LogP contribution is -2.41. The highest BCUT2D eigenvalue weighted by atomic mass is 35.5. The Bertz CT molecular complexity index is 1450. The lowest BCUT2D eigenvalue weighted by molar-refractivity contribution is 0.0767. The molecule has 11 nitrogen and oxygen atoms in total. The van der Waals surface area contributed by atoms with Gasteiger partial charge in [0.2, 0.25) is 5.95 Å². The van der Waals surface area contributed by atoms with E-state index in [1.165, 1.54) is 13.2 Å². The van der Waals surface area contributed by atoms with Crippen LogP contribution in [-0.2, 0) is 4.74 Å². The third-order valence-electron chi connectivity index (χ3n) is 5.68. The van der Waals surface area contributed by atoms with Gasteiger partial charge in [0.05, 0.1) is 35.8 Å². The average Bonchev–Trinajstić information content (AvgIpc) is 3.40. The number of phenolic OH excluding ortho intramolecular Hbond substituents is 1. The van der Waals surface area contributed by atoms with Crippen LogP contribution in [0.1, 0.15) is 20.3 Å².